The van der Waals surface area contributed by atoms with Gasteiger partial charge in [-0.3, -0.25) is 0 Å². The van der Waals surface area contributed by atoms with Crippen LogP contribution in [0.25, 0.3) is 104 Å². The molecule has 2 nitrogen and oxygen atoms in total. The minimum atomic E-state index is -2.63. The van der Waals surface area contributed by atoms with Gasteiger partial charge in [-0.15, -0.1) is 0 Å². The van der Waals surface area contributed by atoms with Crippen LogP contribution in [0.3, 0.4) is 0 Å². The zero-order valence-electron chi connectivity index (χ0n) is 33.1. The van der Waals surface area contributed by atoms with Gasteiger partial charge < -0.3 is 8.98 Å². The van der Waals surface area contributed by atoms with Crippen molar-refractivity contribution < 1.29 is 4.42 Å². The number of furan rings is 1. The van der Waals surface area contributed by atoms with Crippen LogP contribution in [0.4, 0.5) is 0 Å². The Morgan fingerprint density at radius 1 is 0.344 bits per heavy atom. The second-order valence-corrected chi connectivity index (χ2v) is 20.5. The zero-order valence-corrected chi connectivity index (χ0v) is 34.1. The highest BCUT2D eigenvalue weighted by molar-refractivity contribution is 7.22. The predicted molar refractivity (Wildman–Crippen MR) is 260 cm³/mol. The van der Waals surface area contributed by atoms with Crippen LogP contribution in [0.5, 0.6) is 0 Å². The van der Waals surface area contributed by atoms with Crippen molar-refractivity contribution in [3.63, 3.8) is 0 Å². The predicted octanol–water partition coefficient (Wildman–Crippen LogP) is 12.6. The third kappa shape index (κ3) is 4.35. The van der Waals surface area contributed by atoms with Crippen LogP contribution in [0.1, 0.15) is 0 Å². The van der Waals surface area contributed by atoms with Crippen molar-refractivity contribution in [2.75, 3.05) is 0 Å². The molecule has 3 heterocycles. The molecule has 0 atom stereocenters. The molecule has 0 fully saturated rings. The minimum absolute atomic E-state index is 0.912. The first-order valence-corrected chi connectivity index (χ1v) is 23.2. The van der Waals surface area contributed by atoms with Crippen molar-refractivity contribution >= 4 is 105 Å². The highest BCUT2D eigenvalue weighted by Crippen LogP contribution is 2.47. The number of para-hydroxylation sites is 2. The Kier molecular flexibility index (Phi) is 6.61. The maximum absolute atomic E-state index is 6.63. The third-order valence-corrected chi connectivity index (χ3v) is 18.6. The Balaban J connectivity index is 1.05. The van der Waals surface area contributed by atoms with Gasteiger partial charge in [-0.2, -0.15) is 0 Å². The smallest absolute Gasteiger partial charge is 0.180 e. The Labute approximate surface area is 352 Å². The highest BCUT2D eigenvalue weighted by Gasteiger charge is 2.48. The van der Waals surface area contributed by atoms with E-state index in [1.165, 1.54) is 108 Å². The van der Waals surface area contributed by atoms with Crippen LogP contribution < -0.4 is 20.7 Å². The maximum atomic E-state index is 6.63. The summed E-state index contributed by atoms with van der Waals surface area (Å²) in [6.07, 6.45) is 0. The normalized spacial score (nSPS) is 13.4. The number of fused-ring (bicyclic) bond motifs is 10. The quantitative estimate of drug-likeness (QED) is 0.128. The molecule has 14 rings (SSSR count). The summed E-state index contributed by atoms with van der Waals surface area (Å²) in [6, 6.07) is 79.4. The molecule has 0 spiro atoms. The van der Waals surface area contributed by atoms with Crippen molar-refractivity contribution in [3.05, 3.63) is 212 Å². The SMILES string of the molecule is c1ccc([Si]2(c3ccccc3)c3ccccc3-c3ccc(-c4ccc5c(c4)c4ccccc4n5-c4cc5cccc6ccc7cc8oc9ccccc9c8c4c7c65)cc32)cc1. The second-order valence-electron chi connectivity index (χ2n) is 16.7. The number of hydrogen-bond donors (Lipinski definition) is 0. The van der Waals surface area contributed by atoms with Gasteiger partial charge in [-0.1, -0.05) is 176 Å². The van der Waals surface area contributed by atoms with Crippen molar-refractivity contribution in [1.29, 1.82) is 0 Å². The lowest BCUT2D eigenvalue weighted by atomic mass is 9.90. The topological polar surface area (TPSA) is 18.1 Å². The van der Waals surface area contributed by atoms with Gasteiger partial charge in [-0.05, 0) is 101 Å². The first kappa shape index (κ1) is 33.1. The van der Waals surface area contributed by atoms with Crippen molar-refractivity contribution in [2.45, 2.75) is 0 Å². The number of aromatic nitrogens is 1. The molecule has 0 saturated heterocycles. The van der Waals surface area contributed by atoms with E-state index in [0.29, 0.717) is 0 Å². The molecular formula is C58H35NOSi. The zero-order chi connectivity index (χ0) is 39.8. The lowest BCUT2D eigenvalue weighted by Gasteiger charge is -2.31. The monoisotopic (exact) mass is 789 g/mol. The van der Waals surface area contributed by atoms with Gasteiger partial charge in [0.2, 0.25) is 0 Å². The fourth-order valence-corrected chi connectivity index (χ4v) is 16.5. The molecule has 282 valence electrons. The summed E-state index contributed by atoms with van der Waals surface area (Å²) in [4.78, 5) is 0. The van der Waals surface area contributed by atoms with Crippen LogP contribution in [-0.4, -0.2) is 12.6 Å². The molecular weight excluding hydrogens is 755 g/mol. The summed E-state index contributed by atoms with van der Waals surface area (Å²) in [7, 11) is -2.63. The fraction of sp³-hybridized carbons (Fsp3) is 0. The van der Waals surface area contributed by atoms with Gasteiger partial charge in [-0.25, -0.2) is 0 Å². The number of nitrogens with zero attached hydrogens (tertiary/aromatic N) is 1. The van der Waals surface area contributed by atoms with E-state index in [9.17, 15) is 0 Å². The Hall–Kier alpha value is -7.72. The van der Waals surface area contributed by atoms with Crippen LogP contribution in [0.15, 0.2) is 217 Å². The largest absolute Gasteiger partial charge is 0.456 e. The molecule has 0 radical (unpaired) electrons. The molecule has 13 aromatic rings. The molecule has 1 aliphatic heterocycles. The van der Waals surface area contributed by atoms with E-state index in [1.54, 1.807) is 0 Å². The van der Waals surface area contributed by atoms with E-state index >= 15 is 0 Å². The van der Waals surface area contributed by atoms with Gasteiger partial charge in [0.05, 0.1) is 16.7 Å². The molecule has 0 saturated carbocycles. The Morgan fingerprint density at radius 2 is 0.984 bits per heavy atom. The number of hydrogen-bond acceptors (Lipinski definition) is 1. The Morgan fingerprint density at radius 3 is 1.84 bits per heavy atom. The summed E-state index contributed by atoms with van der Waals surface area (Å²) in [5.41, 5.74) is 10.5. The van der Waals surface area contributed by atoms with Crippen LogP contribution in [0, 0.1) is 0 Å². The van der Waals surface area contributed by atoms with E-state index in [-0.39, 0.29) is 0 Å². The lowest BCUT2D eigenvalue weighted by molar-refractivity contribution is 0.669. The molecule has 0 N–H and O–H groups in total. The first-order valence-electron chi connectivity index (χ1n) is 21.2. The van der Waals surface area contributed by atoms with E-state index in [4.69, 9.17) is 4.42 Å². The van der Waals surface area contributed by atoms with Gasteiger partial charge in [0.1, 0.15) is 11.2 Å². The maximum Gasteiger partial charge on any atom is 0.180 e. The van der Waals surface area contributed by atoms with E-state index in [2.05, 4.69) is 217 Å². The molecule has 61 heavy (non-hydrogen) atoms. The molecule has 0 unspecified atom stereocenters. The average Bonchev–Trinajstić information content (AvgIpc) is 3.97. The van der Waals surface area contributed by atoms with Crippen molar-refractivity contribution in [3.8, 4) is 27.9 Å². The summed E-state index contributed by atoms with van der Waals surface area (Å²) in [5, 5.41) is 18.0. The van der Waals surface area contributed by atoms with Gasteiger partial charge in [0.15, 0.2) is 8.07 Å². The Bertz CT molecular complexity index is 3890. The summed E-state index contributed by atoms with van der Waals surface area (Å²) < 4.78 is 9.15. The molecule has 0 amide bonds. The number of rotatable bonds is 4. The van der Waals surface area contributed by atoms with Crippen LogP contribution >= 0.6 is 0 Å². The molecule has 0 bridgehead atoms. The second kappa shape index (κ2) is 12.2. The average molecular weight is 790 g/mol. The third-order valence-electron chi connectivity index (χ3n) is 13.8. The van der Waals surface area contributed by atoms with Crippen molar-refractivity contribution in [2.24, 2.45) is 0 Å². The van der Waals surface area contributed by atoms with E-state index < -0.39 is 8.07 Å². The van der Waals surface area contributed by atoms with E-state index in [1.807, 2.05) is 0 Å². The van der Waals surface area contributed by atoms with E-state index in [0.717, 1.165) is 16.6 Å². The standard InChI is InChI=1S/C58H35NOSi/c1-3-16-41(17-4-1)61(42-18-5-2-6-19-42)53-25-12-9-21-44(53)45-30-28-38(35-54(45)61)37-29-31-49-47(32-37)43-20-7-10-23-48(43)59(49)50-33-39-15-13-14-36-26-27-40-34-52-57(58(50)56(40)55(36)39)46-22-8-11-24-51(46)60-52/h1-35H. The molecule has 11 aromatic carbocycles. The van der Waals surface area contributed by atoms with Crippen molar-refractivity contribution in [1.82, 2.24) is 4.57 Å². The van der Waals surface area contributed by atoms with Gasteiger partial charge in [0, 0.05) is 32.3 Å². The fourth-order valence-electron chi connectivity index (χ4n) is 11.3. The summed E-state index contributed by atoms with van der Waals surface area (Å²) in [5.74, 6) is 0. The summed E-state index contributed by atoms with van der Waals surface area (Å²) in [6.45, 7) is 0. The molecule has 3 heteroatoms. The van der Waals surface area contributed by atoms with Crippen LogP contribution in [0.2, 0.25) is 0 Å². The first-order chi connectivity index (χ1) is 30.3. The van der Waals surface area contributed by atoms with Gasteiger partial charge in [0.25, 0.3) is 0 Å². The molecule has 2 aromatic heterocycles. The lowest BCUT2D eigenvalue weighted by Crippen LogP contribution is -2.72. The number of benzene rings is 11. The molecule has 1 aliphatic rings. The van der Waals surface area contributed by atoms with Crippen LogP contribution in [-0.2, 0) is 0 Å². The van der Waals surface area contributed by atoms with Gasteiger partial charge >= 0.3 is 0 Å². The summed E-state index contributed by atoms with van der Waals surface area (Å²) >= 11 is 0. The highest BCUT2D eigenvalue weighted by atomic mass is 28.3. The molecule has 0 aliphatic carbocycles. The minimum Gasteiger partial charge on any atom is -0.456 e.